The van der Waals surface area contributed by atoms with E-state index in [1.165, 1.54) is 12.8 Å². The van der Waals surface area contributed by atoms with Gasteiger partial charge in [-0.15, -0.1) is 12.6 Å². The fourth-order valence-corrected chi connectivity index (χ4v) is 2.22. The lowest BCUT2D eigenvalue weighted by molar-refractivity contribution is 0.0932. The lowest BCUT2D eigenvalue weighted by Crippen LogP contribution is -2.34. The van der Waals surface area contributed by atoms with Crippen molar-refractivity contribution < 1.29 is 4.79 Å². The molecule has 1 amide bonds. The van der Waals surface area contributed by atoms with E-state index in [2.05, 4.69) is 24.9 Å². The van der Waals surface area contributed by atoms with Crippen LogP contribution in [-0.2, 0) is 0 Å². The van der Waals surface area contributed by atoms with Crippen molar-refractivity contribution in [2.45, 2.75) is 43.5 Å². The Balaban J connectivity index is 1.94. The Bertz CT molecular complexity index is 401. The summed E-state index contributed by atoms with van der Waals surface area (Å²) in [6.45, 7) is 2.13. The largest absolute Gasteiger partial charge is 0.349 e. The summed E-state index contributed by atoms with van der Waals surface area (Å²) in [4.78, 5) is 12.8. The molecule has 0 bridgehead atoms. The smallest absolute Gasteiger partial charge is 0.251 e. The Kier molecular flexibility index (Phi) is 4.11. The van der Waals surface area contributed by atoms with Crippen LogP contribution in [0.5, 0.6) is 0 Å². The molecule has 2 nitrogen and oxygen atoms in total. The Morgan fingerprint density at radius 3 is 2.88 bits per heavy atom. The van der Waals surface area contributed by atoms with Crippen molar-refractivity contribution in [3.63, 3.8) is 0 Å². The molecule has 1 saturated carbocycles. The molecule has 1 N–H and O–H groups in total. The van der Waals surface area contributed by atoms with Crippen molar-refractivity contribution in [2.24, 2.45) is 5.92 Å². The number of hydrogen-bond donors (Lipinski definition) is 2. The van der Waals surface area contributed by atoms with E-state index < -0.39 is 0 Å². The number of benzene rings is 1. The van der Waals surface area contributed by atoms with Gasteiger partial charge in [-0.1, -0.05) is 25.8 Å². The summed E-state index contributed by atoms with van der Waals surface area (Å²) in [5, 5.41) is 3.11. The van der Waals surface area contributed by atoms with Gasteiger partial charge in [0.05, 0.1) is 0 Å². The molecule has 3 heteroatoms. The van der Waals surface area contributed by atoms with Crippen LogP contribution in [0, 0.1) is 5.92 Å². The average Bonchev–Trinajstić information content (AvgIpc) is 3.12. The fraction of sp³-hybridized carbons (Fsp3) is 0.500. The normalized spacial score (nSPS) is 16.6. The molecule has 1 aromatic carbocycles. The summed E-state index contributed by atoms with van der Waals surface area (Å²) in [6.07, 6.45) is 4.79. The third kappa shape index (κ3) is 3.77. The highest BCUT2D eigenvalue weighted by Gasteiger charge is 2.25. The summed E-state index contributed by atoms with van der Waals surface area (Å²) in [7, 11) is 0. The topological polar surface area (TPSA) is 29.1 Å². The number of rotatable bonds is 5. The summed E-state index contributed by atoms with van der Waals surface area (Å²) in [5.74, 6) is 0.866. The number of thiol groups is 1. The minimum absolute atomic E-state index is 0.0217. The molecule has 0 aromatic heterocycles. The molecule has 1 unspecified atom stereocenters. The van der Waals surface area contributed by atoms with Gasteiger partial charge in [0, 0.05) is 16.5 Å². The first kappa shape index (κ1) is 12.5. The summed E-state index contributed by atoms with van der Waals surface area (Å²) < 4.78 is 0. The highest BCUT2D eigenvalue weighted by atomic mass is 32.1. The van der Waals surface area contributed by atoms with Crippen LogP contribution in [0.15, 0.2) is 29.2 Å². The van der Waals surface area contributed by atoms with Gasteiger partial charge in [0.1, 0.15) is 0 Å². The van der Waals surface area contributed by atoms with Gasteiger partial charge >= 0.3 is 0 Å². The Morgan fingerprint density at radius 1 is 1.53 bits per heavy atom. The van der Waals surface area contributed by atoms with Gasteiger partial charge in [-0.2, -0.15) is 0 Å². The van der Waals surface area contributed by atoms with Crippen LogP contribution in [0.2, 0.25) is 0 Å². The molecule has 0 radical (unpaired) electrons. The van der Waals surface area contributed by atoms with E-state index in [9.17, 15) is 4.79 Å². The molecule has 17 heavy (non-hydrogen) atoms. The zero-order valence-electron chi connectivity index (χ0n) is 10.1. The Labute approximate surface area is 108 Å². The Hall–Kier alpha value is -0.960. The van der Waals surface area contributed by atoms with Crippen LogP contribution in [0.4, 0.5) is 0 Å². The van der Waals surface area contributed by atoms with Crippen LogP contribution < -0.4 is 5.32 Å². The number of amides is 1. The molecule has 0 aliphatic heterocycles. The van der Waals surface area contributed by atoms with Gasteiger partial charge < -0.3 is 5.32 Å². The quantitative estimate of drug-likeness (QED) is 0.770. The van der Waals surface area contributed by atoms with Gasteiger partial charge in [0.2, 0.25) is 0 Å². The molecule has 0 heterocycles. The number of carbonyl (C=O) groups is 1. The number of carbonyl (C=O) groups excluding carboxylic acids is 1. The summed E-state index contributed by atoms with van der Waals surface area (Å²) in [6, 6.07) is 7.69. The van der Waals surface area contributed by atoms with Crippen LogP contribution in [0.3, 0.4) is 0 Å². The fourth-order valence-electron chi connectivity index (χ4n) is 2.00. The van der Waals surface area contributed by atoms with E-state index in [0.717, 1.165) is 23.7 Å². The van der Waals surface area contributed by atoms with Crippen molar-refractivity contribution in [2.75, 3.05) is 0 Å². The van der Waals surface area contributed by atoms with Gasteiger partial charge in [-0.3, -0.25) is 4.79 Å². The monoisotopic (exact) mass is 249 g/mol. The van der Waals surface area contributed by atoms with Gasteiger partial charge in [-0.05, 0) is 37.0 Å². The van der Waals surface area contributed by atoms with Gasteiger partial charge in [0.15, 0.2) is 0 Å². The highest BCUT2D eigenvalue weighted by Crippen LogP contribution is 2.34. The average molecular weight is 249 g/mol. The minimum atomic E-state index is 0.0217. The highest BCUT2D eigenvalue weighted by molar-refractivity contribution is 7.80. The van der Waals surface area contributed by atoms with Crippen molar-refractivity contribution in [1.29, 1.82) is 0 Å². The first-order chi connectivity index (χ1) is 8.19. The third-order valence-corrected chi connectivity index (χ3v) is 3.53. The van der Waals surface area contributed by atoms with Crippen molar-refractivity contribution in [3.8, 4) is 0 Å². The van der Waals surface area contributed by atoms with Crippen molar-refractivity contribution >= 4 is 18.5 Å². The van der Waals surface area contributed by atoms with E-state index in [4.69, 9.17) is 0 Å². The van der Waals surface area contributed by atoms with E-state index in [1.807, 2.05) is 24.3 Å². The van der Waals surface area contributed by atoms with Gasteiger partial charge in [0.25, 0.3) is 5.91 Å². The van der Waals surface area contributed by atoms with Crippen LogP contribution in [0.25, 0.3) is 0 Å². The Morgan fingerprint density at radius 2 is 2.29 bits per heavy atom. The first-order valence-electron chi connectivity index (χ1n) is 6.29. The van der Waals surface area contributed by atoms with E-state index in [-0.39, 0.29) is 5.91 Å². The summed E-state index contributed by atoms with van der Waals surface area (Å²) >= 11 is 4.25. The molecule has 0 spiro atoms. The molecule has 1 aromatic rings. The van der Waals surface area contributed by atoms with Crippen LogP contribution in [-0.4, -0.2) is 11.9 Å². The van der Waals surface area contributed by atoms with E-state index in [1.54, 1.807) is 0 Å². The zero-order chi connectivity index (χ0) is 12.3. The number of hydrogen-bond acceptors (Lipinski definition) is 2. The second kappa shape index (κ2) is 5.58. The second-order valence-electron chi connectivity index (χ2n) is 4.81. The molecular formula is C14H19NOS. The lowest BCUT2D eigenvalue weighted by atomic mass is 10.1. The SMILES string of the molecule is CCC(CC1CC1)NC(=O)c1cccc(S)c1. The second-order valence-corrected chi connectivity index (χ2v) is 5.32. The van der Waals surface area contributed by atoms with Crippen molar-refractivity contribution in [1.82, 2.24) is 5.32 Å². The van der Waals surface area contributed by atoms with Gasteiger partial charge in [-0.25, -0.2) is 0 Å². The molecule has 1 aliphatic carbocycles. The maximum Gasteiger partial charge on any atom is 0.251 e. The van der Waals surface area contributed by atoms with Crippen molar-refractivity contribution in [3.05, 3.63) is 29.8 Å². The van der Waals surface area contributed by atoms with E-state index in [0.29, 0.717) is 11.6 Å². The number of nitrogens with one attached hydrogen (secondary N) is 1. The molecule has 0 saturated heterocycles. The maximum absolute atomic E-state index is 12.0. The molecule has 1 atom stereocenters. The zero-order valence-corrected chi connectivity index (χ0v) is 11.0. The molecule has 1 fully saturated rings. The first-order valence-corrected chi connectivity index (χ1v) is 6.73. The predicted molar refractivity (Wildman–Crippen MR) is 72.6 cm³/mol. The standard InChI is InChI=1S/C14H19NOS/c1-2-12(8-10-6-7-10)15-14(16)11-4-3-5-13(17)9-11/h3-5,9-10,12,17H,2,6-8H2,1H3,(H,15,16). The molecule has 1 aliphatic rings. The molecule has 2 rings (SSSR count). The summed E-state index contributed by atoms with van der Waals surface area (Å²) in [5.41, 5.74) is 0.701. The van der Waals surface area contributed by atoms with E-state index >= 15 is 0 Å². The molecule has 92 valence electrons. The van der Waals surface area contributed by atoms with Crippen LogP contribution >= 0.6 is 12.6 Å². The van der Waals surface area contributed by atoms with Crippen LogP contribution in [0.1, 0.15) is 43.0 Å². The predicted octanol–water partition coefficient (Wildman–Crippen LogP) is 3.28. The third-order valence-electron chi connectivity index (χ3n) is 3.25. The molecular weight excluding hydrogens is 230 g/mol. The lowest BCUT2D eigenvalue weighted by Gasteiger charge is -2.16. The minimum Gasteiger partial charge on any atom is -0.349 e. The maximum atomic E-state index is 12.0.